The van der Waals surface area contributed by atoms with Crippen LogP contribution in [0.2, 0.25) is 0 Å². The third-order valence-corrected chi connectivity index (χ3v) is 6.82. The molecule has 0 aromatic heterocycles. The van der Waals surface area contributed by atoms with E-state index in [-0.39, 0.29) is 23.6 Å². The van der Waals surface area contributed by atoms with Crippen molar-refractivity contribution in [2.24, 2.45) is 11.3 Å². The minimum absolute atomic E-state index is 0.0958. The molecule has 3 heterocycles. The van der Waals surface area contributed by atoms with E-state index >= 15 is 0 Å². The molecular formula is C23H39N3O4. The Hall–Kier alpha value is -1.63. The van der Waals surface area contributed by atoms with E-state index in [1.165, 1.54) is 6.42 Å². The molecule has 3 rings (SSSR count). The first-order chi connectivity index (χ1) is 14.4. The Bertz CT molecular complexity index is 604. The summed E-state index contributed by atoms with van der Waals surface area (Å²) in [6, 6.07) is 0. The van der Waals surface area contributed by atoms with Gasteiger partial charge in [-0.2, -0.15) is 0 Å². The summed E-state index contributed by atoms with van der Waals surface area (Å²) in [5, 5.41) is 0. The van der Waals surface area contributed by atoms with Crippen LogP contribution in [0.15, 0.2) is 0 Å². The van der Waals surface area contributed by atoms with Gasteiger partial charge in [-0.25, -0.2) is 0 Å². The van der Waals surface area contributed by atoms with Gasteiger partial charge in [0.05, 0.1) is 13.2 Å². The van der Waals surface area contributed by atoms with Crippen LogP contribution < -0.4 is 0 Å². The molecule has 0 saturated carbocycles. The minimum Gasteiger partial charge on any atom is -0.378 e. The van der Waals surface area contributed by atoms with Gasteiger partial charge in [-0.1, -0.05) is 13.8 Å². The molecule has 7 heteroatoms. The lowest BCUT2D eigenvalue weighted by molar-refractivity contribution is -0.144. The van der Waals surface area contributed by atoms with E-state index in [2.05, 4.69) is 0 Å². The van der Waals surface area contributed by atoms with Crippen LogP contribution in [0.5, 0.6) is 0 Å². The summed E-state index contributed by atoms with van der Waals surface area (Å²) in [5.41, 5.74) is -0.595. The van der Waals surface area contributed by atoms with Crippen LogP contribution in [0.4, 0.5) is 0 Å². The Balaban J connectivity index is 1.65. The van der Waals surface area contributed by atoms with Gasteiger partial charge in [0, 0.05) is 57.0 Å². The highest BCUT2D eigenvalue weighted by atomic mass is 16.5. The quantitative estimate of drug-likeness (QED) is 0.632. The number of nitrogens with zero attached hydrogens (tertiary/aromatic N) is 3. The van der Waals surface area contributed by atoms with Gasteiger partial charge >= 0.3 is 0 Å². The van der Waals surface area contributed by atoms with Crippen LogP contribution in [-0.2, 0) is 19.1 Å². The van der Waals surface area contributed by atoms with Crippen LogP contribution in [0, 0.1) is 11.3 Å². The van der Waals surface area contributed by atoms with E-state index in [9.17, 15) is 14.4 Å². The molecule has 7 nitrogen and oxygen atoms in total. The molecule has 3 aliphatic heterocycles. The first-order valence-corrected chi connectivity index (χ1v) is 11.8. The van der Waals surface area contributed by atoms with Gasteiger partial charge in [0.15, 0.2) is 0 Å². The van der Waals surface area contributed by atoms with E-state index in [0.717, 1.165) is 51.9 Å². The van der Waals surface area contributed by atoms with Gasteiger partial charge in [0.1, 0.15) is 0 Å². The number of carbonyl (C=O) groups is 3. The van der Waals surface area contributed by atoms with Gasteiger partial charge in [0.2, 0.25) is 17.7 Å². The standard InChI is InChI=1S/C23H39N3O4/c1-23(2,22(29)26-12-6-7-13-26)18-19(21(28)25-10-4-3-5-11-25)8-9-20(27)24-14-16-30-17-15-24/h19H,3-18H2,1-2H3. The number of morpholine rings is 1. The van der Waals surface area contributed by atoms with Crippen molar-refractivity contribution in [2.45, 2.75) is 65.2 Å². The molecule has 3 fully saturated rings. The summed E-state index contributed by atoms with van der Waals surface area (Å²) in [7, 11) is 0. The number of piperidine rings is 1. The maximum Gasteiger partial charge on any atom is 0.228 e. The highest BCUT2D eigenvalue weighted by molar-refractivity contribution is 5.85. The summed E-state index contributed by atoms with van der Waals surface area (Å²) >= 11 is 0. The second kappa shape index (κ2) is 10.6. The average molecular weight is 422 g/mol. The van der Waals surface area contributed by atoms with Gasteiger partial charge in [-0.05, 0) is 44.9 Å². The second-order valence-corrected chi connectivity index (χ2v) is 9.70. The third-order valence-electron chi connectivity index (χ3n) is 6.82. The Labute approximate surface area is 181 Å². The van der Waals surface area contributed by atoms with Crippen LogP contribution in [-0.4, -0.2) is 84.9 Å². The Morgan fingerprint density at radius 3 is 2.00 bits per heavy atom. The van der Waals surface area contributed by atoms with Crippen LogP contribution in [0.3, 0.4) is 0 Å². The zero-order valence-electron chi connectivity index (χ0n) is 18.9. The third kappa shape index (κ3) is 5.96. The summed E-state index contributed by atoms with van der Waals surface area (Å²) < 4.78 is 5.34. The molecule has 3 saturated heterocycles. The molecule has 0 aromatic carbocycles. The number of ether oxygens (including phenoxy) is 1. The minimum atomic E-state index is -0.595. The average Bonchev–Trinajstić information content (AvgIpc) is 3.31. The van der Waals surface area contributed by atoms with Crippen LogP contribution in [0.1, 0.15) is 65.2 Å². The first kappa shape index (κ1) is 23.0. The molecule has 3 amide bonds. The SMILES string of the molecule is CC(C)(CC(CCC(=O)N1CCOCC1)C(=O)N1CCCCC1)C(=O)N1CCCC1. The molecule has 0 aromatic rings. The van der Waals surface area contributed by atoms with E-state index in [1.54, 1.807) is 0 Å². The fraction of sp³-hybridized carbons (Fsp3) is 0.870. The zero-order valence-corrected chi connectivity index (χ0v) is 18.9. The number of likely N-dealkylation sites (tertiary alicyclic amines) is 2. The van der Waals surface area contributed by atoms with Crippen LogP contribution >= 0.6 is 0 Å². The lowest BCUT2D eigenvalue weighted by Crippen LogP contribution is -2.45. The monoisotopic (exact) mass is 421 g/mol. The molecule has 170 valence electrons. The second-order valence-electron chi connectivity index (χ2n) is 9.70. The zero-order chi connectivity index (χ0) is 21.6. The number of hydrogen-bond acceptors (Lipinski definition) is 4. The first-order valence-electron chi connectivity index (χ1n) is 11.8. The highest BCUT2D eigenvalue weighted by Gasteiger charge is 2.38. The maximum atomic E-state index is 13.4. The highest BCUT2D eigenvalue weighted by Crippen LogP contribution is 2.33. The van der Waals surface area contributed by atoms with Crippen molar-refractivity contribution in [3.63, 3.8) is 0 Å². The van der Waals surface area contributed by atoms with E-state index in [1.807, 2.05) is 28.5 Å². The van der Waals surface area contributed by atoms with Crippen LogP contribution in [0.25, 0.3) is 0 Å². The smallest absolute Gasteiger partial charge is 0.228 e. The van der Waals surface area contributed by atoms with Crippen molar-refractivity contribution in [1.29, 1.82) is 0 Å². The van der Waals surface area contributed by atoms with E-state index in [0.29, 0.717) is 45.6 Å². The lowest BCUT2D eigenvalue weighted by atomic mass is 9.79. The summed E-state index contributed by atoms with van der Waals surface area (Å²) in [5.74, 6) is 0.0933. The molecule has 0 bridgehead atoms. The number of hydrogen-bond donors (Lipinski definition) is 0. The predicted octanol–water partition coefficient (Wildman–Crippen LogP) is 2.29. The maximum absolute atomic E-state index is 13.4. The number of rotatable bonds is 7. The van der Waals surface area contributed by atoms with Gasteiger partial charge in [-0.3, -0.25) is 14.4 Å². The normalized spacial score (nSPS) is 21.6. The molecule has 1 unspecified atom stereocenters. The lowest BCUT2D eigenvalue weighted by Gasteiger charge is -2.35. The van der Waals surface area contributed by atoms with E-state index < -0.39 is 5.41 Å². The summed E-state index contributed by atoms with van der Waals surface area (Å²) in [6.45, 7) is 9.59. The van der Waals surface area contributed by atoms with Crippen molar-refractivity contribution in [1.82, 2.24) is 14.7 Å². The molecule has 0 N–H and O–H groups in total. The number of carbonyl (C=O) groups excluding carboxylic acids is 3. The van der Waals surface area contributed by atoms with Gasteiger partial charge in [-0.15, -0.1) is 0 Å². The van der Waals surface area contributed by atoms with E-state index in [4.69, 9.17) is 4.74 Å². The van der Waals surface area contributed by atoms with Gasteiger partial charge < -0.3 is 19.4 Å². The molecule has 0 aliphatic carbocycles. The largest absolute Gasteiger partial charge is 0.378 e. The van der Waals surface area contributed by atoms with Crippen molar-refractivity contribution < 1.29 is 19.1 Å². The fourth-order valence-corrected chi connectivity index (χ4v) is 5.01. The molecular weight excluding hydrogens is 382 g/mol. The molecule has 1 atom stereocenters. The Morgan fingerprint density at radius 2 is 1.37 bits per heavy atom. The van der Waals surface area contributed by atoms with Gasteiger partial charge in [0.25, 0.3) is 0 Å². The summed E-state index contributed by atoms with van der Waals surface area (Å²) in [6.07, 6.45) is 6.76. The topological polar surface area (TPSA) is 70.2 Å². The Morgan fingerprint density at radius 1 is 0.800 bits per heavy atom. The molecule has 0 radical (unpaired) electrons. The Kier molecular flexibility index (Phi) is 8.14. The fourth-order valence-electron chi connectivity index (χ4n) is 5.01. The summed E-state index contributed by atoms with van der Waals surface area (Å²) in [4.78, 5) is 44.9. The molecule has 0 spiro atoms. The molecule has 30 heavy (non-hydrogen) atoms. The molecule has 3 aliphatic rings. The van der Waals surface area contributed by atoms with Crippen molar-refractivity contribution >= 4 is 17.7 Å². The van der Waals surface area contributed by atoms with Crippen molar-refractivity contribution in [3.8, 4) is 0 Å². The predicted molar refractivity (Wildman–Crippen MR) is 115 cm³/mol. The van der Waals surface area contributed by atoms with Crippen molar-refractivity contribution in [3.05, 3.63) is 0 Å². The number of amides is 3. The van der Waals surface area contributed by atoms with Crippen molar-refractivity contribution in [2.75, 3.05) is 52.5 Å².